The van der Waals surface area contributed by atoms with Crippen LogP contribution >= 0.6 is 0 Å². The average Bonchev–Trinajstić information content (AvgIpc) is 2.05. The first-order valence-corrected chi connectivity index (χ1v) is 4.29. The number of nitrogens with zero attached hydrogens (tertiary/aromatic N) is 2. The monoisotopic (exact) mass is 173 g/mol. The zero-order valence-electron chi connectivity index (χ0n) is 8.21. The summed E-state index contributed by atoms with van der Waals surface area (Å²) in [4.78, 5) is 14.8. The fraction of sp³-hybridized carbons (Fsp3) is 0.875. The summed E-state index contributed by atoms with van der Waals surface area (Å²) in [6.07, 6.45) is 0.868. The molecule has 0 aliphatic carbocycles. The Hall–Kier alpha value is -0.770. The fourth-order valence-corrected chi connectivity index (χ4v) is 0.954. The van der Waals surface area contributed by atoms with Gasteiger partial charge in [0.05, 0.1) is 0 Å². The van der Waals surface area contributed by atoms with Crippen molar-refractivity contribution in [1.29, 1.82) is 0 Å². The van der Waals surface area contributed by atoms with Crippen LogP contribution in [-0.2, 0) is 0 Å². The molecule has 0 aromatic rings. The topological polar surface area (TPSA) is 49.6 Å². The van der Waals surface area contributed by atoms with Crippen molar-refractivity contribution in [2.24, 2.45) is 5.73 Å². The summed E-state index contributed by atoms with van der Waals surface area (Å²) in [5.74, 6) is 0. The highest BCUT2D eigenvalue weighted by Crippen LogP contribution is 1.95. The minimum Gasteiger partial charge on any atom is -0.331 e. The molecule has 0 spiro atoms. The second-order valence-electron chi connectivity index (χ2n) is 2.90. The van der Waals surface area contributed by atoms with Crippen molar-refractivity contribution in [2.75, 3.05) is 33.7 Å². The molecule has 0 fully saturated rings. The highest BCUT2D eigenvalue weighted by molar-refractivity contribution is 5.73. The van der Waals surface area contributed by atoms with E-state index in [4.69, 9.17) is 5.73 Å². The Morgan fingerprint density at radius 2 is 2.00 bits per heavy atom. The number of amides is 2. The lowest BCUT2D eigenvalue weighted by molar-refractivity contribution is 0.173. The molecule has 0 aliphatic rings. The fourth-order valence-electron chi connectivity index (χ4n) is 0.954. The van der Waals surface area contributed by atoms with Gasteiger partial charge in [0.1, 0.15) is 0 Å². The van der Waals surface area contributed by atoms with Crippen LogP contribution in [0.5, 0.6) is 0 Å². The molecule has 0 aliphatic heterocycles. The number of carbonyl (C=O) groups is 1. The number of hydrogen-bond donors (Lipinski definition) is 1. The molecule has 0 saturated carbocycles. The molecular formula is C8H19N3O. The van der Waals surface area contributed by atoms with Gasteiger partial charge in [-0.2, -0.15) is 0 Å². The second-order valence-corrected chi connectivity index (χ2v) is 2.90. The van der Waals surface area contributed by atoms with Crippen molar-refractivity contribution in [2.45, 2.75) is 13.3 Å². The molecule has 2 N–H and O–H groups in total. The van der Waals surface area contributed by atoms with Gasteiger partial charge in [-0.3, -0.25) is 0 Å². The van der Waals surface area contributed by atoms with Gasteiger partial charge in [0.25, 0.3) is 0 Å². The average molecular weight is 173 g/mol. The third-order valence-corrected chi connectivity index (χ3v) is 1.67. The number of carbonyl (C=O) groups excluding carboxylic acids is 1. The molecule has 4 heteroatoms. The van der Waals surface area contributed by atoms with Crippen LogP contribution in [0.4, 0.5) is 4.79 Å². The Morgan fingerprint density at radius 1 is 1.42 bits per heavy atom. The lowest BCUT2D eigenvalue weighted by Crippen LogP contribution is -2.40. The summed E-state index contributed by atoms with van der Waals surface area (Å²) in [6, 6.07) is 0.0611. The number of rotatable bonds is 4. The highest BCUT2D eigenvalue weighted by Gasteiger charge is 2.11. The van der Waals surface area contributed by atoms with Gasteiger partial charge in [0.15, 0.2) is 0 Å². The minimum absolute atomic E-state index is 0.0611. The maximum absolute atomic E-state index is 11.4. The molecule has 0 heterocycles. The molecule has 0 unspecified atom stereocenters. The summed E-state index contributed by atoms with van der Waals surface area (Å²) < 4.78 is 0. The quantitative estimate of drug-likeness (QED) is 0.666. The summed E-state index contributed by atoms with van der Waals surface area (Å²) in [6.45, 7) is 4.11. The molecule has 0 radical (unpaired) electrons. The molecular weight excluding hydrogens is 154 g/mol. The van der Waals surface area contributed by atoms with Gasteiger partial charge in [-0.05, 0) is 19.9 Å². The van der Waals surface area contributed by atoms with E-state index in [0.29, 0.717) is 6.54 Å². The SMILES string of the molecule is CCN(CCCN)C(=O)N(C)C. The number of hydrogen-bond acceptors (Lipinski definition) is 2. The molecule has 0 atom stereocenters. The predicted molar refractivity (Wildman–Crippen MR) is 50.0 cm³/mol. The maximum Gasteiger partial charge on any atom is 0.319 e. The smallest absolute Gasteiger partial charge is 0.319 e. The van der Waals surface area contributed by atoms with Crippen LogP contribution in [0.1, 0.15) is 13.3 Å². The summed E-state index contributed by atoms with van der Waals surface area (Å²) in [5, 5.41) is 0. The van der Waals surface area contributed by atoms with E-state index < -0.39 is 0 Å². The largest absolute Gasteiger partial charge is 0.331 e. The van der Waals surface area contributed by atoms with Crippen LogP contribution < -0.4 is 5.73 Å². The predicted octanol–water partition coefficient (Wildman–Crippen LogP) is 0.339. The zero-order valence-corrected chi connectivity index (χ0v) is 8.21. The van der Waals surface area contributed by atoms with Crippen molar-refractivity contribution < 1.29 is 4.79 Å². The van der Waals surface area contributed by atoms with Crippen LogP contribution in [0.3, 0.4) is 0 Å². The molecule has 0 aromatic heterocycles. The van der Waals surface area contributed by atoms with Crippen molar-refractivity contribution in [3.05, 3.63) is 0 Å². The molecule has 0 rings (SSSR count). The van der Waals surface area contributed by atoms with Gasteiger partial charge in [0, 0.05) is 27.2 Å². The normalized spacial score (nSPS) is 9.67. The van der Waals surface area contributed by atoms with Gasteiger partial charge < -0.3 is 15.5 Å². The Bertz CT molecular complexity index is 136. The lowest BCUT2D eigenvalue weighted by Gasteiger charge is -2.24. The van der Waals surface area contributed by atoms with Gasteiger partial charge in [-0.15, -0.1) is 0 Å². The third-order valence-electron chi connectivity index (χ3n) is 1.67. The summed E-state index contributed by atoms with van der Waals surface area (Å²) in [7, 11) is 3.51. The van der Waals surface area contributed by atoms with Crippen LogP contribution in [0.15, 0.2) is 0 Å². The van der Waals surface area contributed by atoms with Gasteiger partial charge >= 0.3 is 6.03 Å². The van der Waals surface area contributed by atoms with E-state index in [2.05, 4.69) is 0 Å². The van der Waals surface area contributed by atoms with Gasteiger partial charge in [0.2, 0.25) is 0 Å². The van der Waals surface area contributed by atoms with E-state index in [1.807, 2.05) is 6.92 Å². The van der Waals surface area contributed by atoms with Crippen molar-refractivity contribution in [3.8, 4) is 0 Å². The van der Waals surface area contributed by atoms with E-state index in [9.17, 15) is 4.79 Å². The Balaban J connectivity index is 3.88. The molecule has 2 amide bonds. The summed E-state index contributed by atoms with van der Waals surface area (Å²) in [5.41, 5.74) is 5.36. The van der Waals surface area contributed by atoms with Gasteiger partial charge in [-0.25, -0.2) is 4.79 Å². The van der Waals surface area contributed by atoms with E-state index in [1.165, 1.54) is 0 Å². The number of urea groups is 1. The van der Waals surface area contributed by atoms with Gasteiger partial charge in [-0.1, -0.05) is 0 Å². The van der Waals surface area contributed by atoms with Crippen molar-refractivity contribution in [1.82, 2.24) is 9.80 Å². The molecule has 0 saturated heterocycles. The van der Waals surface area contributed by atoms with E-state index in [1.54, 1.807) is 23.9 Å². The zero-order chi connectivity index (χ0) is 9.56. The molecule has 72 valence electrons. The van der Waals surface area contributed by atoms with Crippen LogP contribution in [-0.4, -0.2) is 49.6 Å². The minimum atomic E-state index is 0.0611. The molecule has 12 heavy (non-hydrogen) atoms. The Labute approximate surface area is 74.3 Å². The molecule has 0 aromatic carbocycles. The Morgan fingerprint density at radius 3 is 2.33 bits per heavy atom. The number of nitrogens with two attached hydrogens (primary N) is 1. The third kappa shape index (κ3) is 3.57. The highest BCUT2D eigenvalue weighted by atomic mass is 16.2. The lowest BCUT2D eigenvalue weighted by atomic mass is 10.4. The maximum atomic E-state index is 11.4. The van der Waals surface area contributed by atoms with Crippen molar-refractivity contribution in [3.63, 3.8) is 0 Å². The van der Waals surface area contributed by atoms with E-state index in [0.717, 1.165) is 19.5 Å². The first kappa shape index (κ1) is 11.2. The van der Waals surface area contributed by atoms with Crippen LogP contribution in [0.25, 0.3) is 0 Å². The second kappa shape index (κ2) is 5.83. The van der Waals surface area contributed by atoms with Crippen molar-refractivity contribution >= 4 is 6.03 Å². The summed E-state index contributed by atoms with van der Waals surface area (Å²) >= 11 is 0. The first-order valence-electron chi connectivity index (χ1n) is 4.29. The van der Waals surface area contributed by atoms with Crippen LogP contribution in [0.2, 0.25) is 0 Å². The van der Waals surface area contributed by atoms with Crippen LogP contribution in [0, 0.1) is 0 Å². The van der Waals surface area contributed by atoms with E-state index >= 15 is 0 Å². The van der Waals surface area contributed by atoms with E-state index in [-0.39, 0.29) is 6.03 Å². The first-order chi connectivity index (χ1) is 5.63. The standard InChI is InChI=1S/C8H19N3O/c1-4-11(7-5-6-9)8(12)10(2)3/h4-7,9H2,1-3H3. The molecule has 0 bridgehead atoms. The molecule has 4 nitrogen and oxygen atoms in total. The Kier molecular flexibility index (Phi) is 5.45.